The monoisotopic (exact) mass is 684 g/mol. The van der Waals surface area contributed by atoms with Gasteiger partial charge in [-0.15, -0.1) is 0 Å². The topological polar surface area (TPSA) is 78.8 Å². The lowest BCUT2D eigenvalue weighted by molar-refractivity contribution is -0.143. The van der Waals surface area contributed by atoms with E-state index in [0.717, 1.165) is 60.7 Å². The summed E-state index contributed by atoms with van der Waals surface area (Å²) in [5, 5.41) is 18.3. The lowest BCUT2D eigenvalue weighted by atomic mass is 10.0. The van der Waals surface area contributed by atoms with Crippen molar-refractivity contribution in [3.05, 3.63) is 106 Å². The van der Waals surface area contributed by atoms with Gasteiger partial charge in [-0.1, -0.05) is 36.4 Å². The number of pyridine rings is 2. The number of ether oxygens (including phenoxy) is 1. The maximum atomic E-state index is 13.1. The first-order chi connectivity index (χ1) is 21.7. The van der Waals surface area contributed by atoms with Crippen molar-refractivity contribution in [2.45, 2.75) is 36.9 Å². The fraction of sp³-hybridized carbons (Fsp3) is 0.267. The van der Waals surface area contributed by atoms with E-state index in [1.165, 1.54) is 12.1 Å². The molecule has 0 amide bonds. The Morgan fingerprint density at radius 3 is 1.36 bits per heavy atom. The van der Waals surface area contributed by atoms with Gasteiger partial charge in [0, 0.05) is 22.3 Å². The van der Waals surface area contributed by atoms with Crippen molar-refractivity contribution in [2.75, 3.05) is 13.2 Å². The van der Waals surface area contributed by atoms with Gasteiger partial charge in [-0.3, -0.25) is 0 Å². The van der Waals surface area contributed by atoms with Crippen LogP contribution in [0.2, 0.25) is 0 Å². The average molecular weight is 684 g/mol. The van der Waals surface area contributed by atoms with E-state index in [1.807, 2.05) is 0 Å². The number of aromatic nitrogens is 2. The Hall–Kier alpha value is -4.22. The molecule has 47 heavy (non-hydrogen) atoms. The smallest absolute Gasteiger partial charge is 0.393 e. The van der Waals surface area contributed by atoms with E-state index in [4.69, 9.17) is 9.84 Å². The summed E-state index contributed by atoms with van der Waals surface area (Å²) in [5.41, 5.74) is -4.98. The molecule has 0 aliphatic carbocycles. The second-order valence-electron chi connectivity index (χ2n) is 9.93. The minimum absolute atomic E-state index is 0.0459. The molecule has 1 fully saturated rings. The minimum atomic E-state index is -4.90. The van der Waals surface area contributed by atoms with E-state index in [2.05, 4.69) is 9.97 Å². The first kappa shape index (κ1) is 35.6. The molecule has 4 aromatic rings. The molecule has 5 rings (SSSR count). The van der Waals surface area contributed by atoms with Crippen LogP contribution in [-0.2, 0) is 29.4 Å². The Morgan fingerprint density at radius 1 is 0.596 bits per heavy atom. The van der Waals surface area contributed by atoms with Gasteiger partial charge < -0.3 is 14.9 Å². The SMILES string of the molecule is FC(F)(F)c1ccc(-c2ccc(C3CO3)c(C(F)(F)F)n2)cc1.OCC(O)c1ccc(-c2ccc(C(F)(F)F)cc2)nc1C(F)(F)F. The van der Waals surface area contributed by atoms with Gasteiger partial charge in [-0.25, -0.2) is 9.97 Å². The number of alkyl halides is 12. The van der Waals surface area contributed by atoms with Crippen LogP contribution in [0.1, 0.15) is 45.8 Å². The van der Waals surface area contributed by atoms with E-state index in [1.54, 1.807) is 0 Å². The van der Waals surface area contributed by atoms with Crippen molar-refractivity contribution in [1.29, 1.82) is 0 Å². The number of halogens is 12. The normalized spacial score (nSPS) is 15.9. The molecule has 2 aromatic carbocycles. The molecule has 252 valence electrons. The average Bonchev–Trinajstić information content (AvgIpc) is 3.85. The molecular weight excluding hydrogens is 664 g/mol. The molecule has 2 unspecified atom stereocenters. The van der Waals surface area contributed by atoms with E-state index in [0.29, 0.717) is 0 Å². The number of nitrogens with zero attached hydrogens (tertiary/aromatic N) is 2. The molecule has 1 saturated heterocycles. The fourth-order valence-corrected chi connectivity index (χ4v) is 4.23. The molecule has 0 radical (unpaired) electrons. The van der Waals surface area contributed by atoms with Crippen molar-refractivity contribution in [1.82, 2.24) is 9.97 Å². The quantitative estimate of drug-likeness (QED) is 0.163. The van der Waals surface area contributed by atoms with Crippen molar-refractivity contribution >= 4 is 0 Å². The number of aliphatic hydroxyl groups is 2. The maximum absolute atomic E-state index is 13.1. The predicted molar refractivity (Wildman–Crippen MR) is 140 cm³/mol. The second kappa shape index (κ2) is 13.1. The number of aliphatic hydroxyl groups excluding tert-OH is 2. The molecule has 17 heteroatoms. The summed E-state index contributed by atoms with van der Waals surface area (Å²) in [7, 11) is 0. The van der Waals surface area contributed by atoms with Crippen LogP contribution in [0.4, 0.5) is 52.7 Å². The molecule has 1 aliphatic rings. The van der Waals surface area contributed by atoms with Crippen LogP contribution in [0.5, 0.6) is 0 Å². The number of hydrogen-bond acceptors (Lipinski definition) is 5. The molecule has 3 heterocycles. The molecule has 2 N–H and O–H groups in total. The van der Waals surface area contributed by atoms with Crippen molar-refractivity contribution in [3.8, 4) is 22.5 Å². The van der Waals surface area contributed by atoms with Gasteiger partial charge in [0.1, 0.15) is 12.2 Å². The van der Waals surface area contributed by atoms with E-state index in [9.17, 15) is 57.8 Å². The summed E-state index contributed by atoms with van der Waals surface area (Å²) in [6, 6.07) is 12.0. The first-order valence-corrected chi connectivity index (χ1v) is 13.1. The van der Waals surface area contributed by atoms with Crippen molar-refractivity contribution in [2.24, 2.45) is 0 Å². The Balaban J connectivity index is 0.000000213. The van der Waals surface area contributed by atoms with Crippen molar-refractivity contribution < 1.29 is 67.6 Å². The zero-order valence-corrected chi connectivity index (χ0v) is 23.2. The van der Waals surface area contributed by atoms with Gasteiger partial charge in [0.15, 0.2) is 11.4 Å². The van der Waals surface area contributed by atoms with Gasteiger partial charge >= 0.3 is 24.7 Å². The van der Waals surface area contributed by atoms with E-state index >= 15 is 0 Å². The van der Waals surface area contributed by atoms with E-state index < -0.39 is 71.6 Å². The number of epoxide rings is 1. The maximum Gasteiger partial charge on any atom is 0.433 e. The molecule has 0 saturated carbocycles. The summed E-state index contributed by atoms with van der Waals surface area (Å²) in [6.07, 6.45) is -21.0. The van der Waals surface area contributed by atoms with Crippen molar-refractivity contribution in [3.63, 3.8) is 0 Å². The predicted octanol–water partition coefficient (Wildman–Crippen LogP) is 8.67. The van der Waals surface area contributed by atoms with Gasteiger partial charge in [0.05, 0.1) is 35.7 Å². The molecule has 2 atom stereocenters. The number of rotatable bonds is 5. The summed E-state index contributed by atoms with van der Waals surface area (Å²) in [6.45, 7) is -0.727. The zero-order valence-electron chi connectivity index (χ0n) is 23.2. The Morgan fingerprint density at radius 2 is 1.00 bits per heavy atom. The largest absolute Gasteiger partial charge is 0.433 e. The Bertz CT molecular complexity index is 1680. The van der Waals surface area contributed by atoms with E-state index in [-0.39, 0.29) is 34.7 Å². The van der Waals surface area contributed by atoms with Crippen LogP contribution in [0.3, 0.4) is 0 Å². The zero-order chi connectivity index (χ0) is 34.9. The van der Waals surface area contributed by atoms with Crippen LogP contribution < -0.4 is 0 Å². The van der Waals surface area contributed by atoms with Gasteiger partial charge in [0.2, 0.25) is 0 Å². The summed E-state index contributed by atoms with van der Waals surface area (Å²) >= 11 is 0. The summed E-state index contributed by atoms with van der Waals surface area (Å²) < 4.78 is 158. The summed E-state index contributed by atoms with van der Waals surface area (Å²) in [5.74, 6) is 0. The lowest BCUT2D eigenvalue weighted by Crippen LogP contribution is -2.16. The third kappa shape index (κ3) is 8.78. The summed E-state index contributed by atoms with van der Waals surface area (Å²) in [4.78, 5) is 6.98. The number of benzene rings is 2. The Kier molecular flexibility index (Phi) is 9.94. The van der Waals surface area contributed by atoms with Crippen LogP contribution in [-0.4, -0.2) is 33.4 Å². The highest BCUT2D eigenvalue weighted by molar-refractivity contribution is 5.61. The van der Waals surface area contributed by atoms with Crippen LogP contribution in [0.25, 0.3) is 22.5 Å². The fourth-order valence-electron chi connectivity index (χ4n) is 4.23. The minimum Gasteiger partial charge on any atom is -0.393 e. The number of hydrogen-bond donors (Lipinski definition) is 2. The lowest BCUT2D eigenvalue weighted by Gasteiger charge is -2.16. The molecule has 1 aliphatic heterocycles. The highest BCUT2D eigenvalue weighted by Gasteiger charge is 2.41. The third-order valence-electron chi connectivity index (χ3n) is 6.62. The second-order valence-corrected chi connectivity index (χ2v) is 9.93. The Labute approximate surface area is 257 Å². The standard InChI is InChI=1S/C15H11F6NO2.C15H9F6NO/c16-14(17,18)9-3-1-8(2-4-9)11-6-5-10(12(24)7-23)13(22-11)15(19,20)21;16-14(17,18)9-3-1-8(2-4-9)11-6-5-10(12-7-23-12)13(22-11)15(19,20)21/h1-6,12,23-24H,7H2;1-6,12H,7H2. The highest BCUT2D eigenvalue weighted by Crippen LogP contribution is 2.41. The first-order valence-electron chi connectivity index (χ1n) is 13.1. The molecule has 5 nitrogen and oxygen atoms in total. The highest BCUT2D eigenvalue weighted by atomic mass is 19.4. The molecule has 0 spiro atoms. The molecule has 2 aromatic heterocycles. The molecular formula is C30H20F12N2O3. The molecule has 0 bridgehead atoms. The van der Waals surface area contributed by atoms with Crippen LogP contribution >= 0.6 is 0 Å². The van der Waals surface area contributed by atoms with Crippen LogP contribution in [0.15, 0.2) is 72.8 Å². The van der Waals surface area contributed by atoms with Gasteiger partial charge in [0.25, 0.3) is 0 Å². The third-order valence-corrected chi connectivity index (χ3v) is 6.62. The van der Waals surface area contributed by atoms with Gasteiger partial charge in [-0.05, 0) is 36.4 Å². The van der Waals surface area contributed by atoms with Crippen LogP contribution in [0, 0.1) is 0 Å². The van der Waals surface area contributed by atoms with Gasteiger partial charge in [-0.2, -0.15) is 52.7 Å².